The van der Waals surface area contributed by atoms with Gasteiger partial charge in [-0.2, -0.15) is 0 Å². The summed E-state index contributed by atoms with van der Waals surface area (Å²) in [5.74, 6) is -1.45. The lowest BCUT2D eigenvalue weighted by atomic mass is 10.1. The summed E-state index contributed by atoms with van der Waals surface area (Å²) < 4.78 is 15.3. The molecule has 1 heterocycles. The predicted molar refractivity (Wildman–Crippen MR) is 131 cm³/mol. The highest BCUT2D eigenvalue weighted by Crippen LogP contribution is 2.30. The quantitative estimate of drug-likeness (QED) is 0.281. The third-order valence-corrected chi connectivity index (χ3v) is 6.42. The molecule has 0 radical (unpaired) electrons. The number of halogens is 3. The topological polar surface area (TPSA) is 54.3 Å². The van der Waals surface area contributed by atoms with Gasteiger partial charge in [-0.05, 0) is 60.8 Å². The molecule has 0 amide bonds. The van der Waals surface area contributed by atoms with Crippen molar-refractivity contribution in [1.82, 2.24) is 9.88 Å². The summed E-state index contributed by atoms with van der Waals surface area (Å²) in [5, 5.41) is 15.3. The van der Waals surface area contributed by atoms with E-state index in [0.717, 1.165) is 28.5 Å². The molecule has 4 nitrogen and oxygen atoms in total. The van der Waals surface area contributed by atoms with Crippen LogP contribution in [0.4, 0.5) is 4.39 Å². The summed E-state index contributed by atoms with van der Waals surface area (Å²) in [5.41, 5.74) is 4.40. The van der Waals surface area contributed by atoms with E-state index in [1.807, 2.05) is 49.4 Å². The van der Waals surface area contributed by atoms with Crippen molar-refractivity contribution in [2.24, 2.45) is 0 Å². The number of nitrogens with one attached hydrogen (secondary N) is 1. The van der Waals surface area contributed by atoms with Gasteiger partial charge in [0.15, 0.2) is 0 Å². The number of rotatable bonds is 8. The molecule has 4 rings (SSSR count). The van der Waals surface area contributed by atoms with E-state index in [9.17, 15) is 14.3 Å². The molecule has 3 aromatic carbocycles. The van der Waals surface area contributed by atoms with E-state index in [0.29, 0.717) is 29.2 Å². The summed E-state index contributed by atoms with van der Waals surface area (Å²) in [4.78, 5) is 12.4. The van der Waals surface area contributed by atoms with Gasteiger partial charge >= 0.3 is 5.97 Å². The number of aromatic carboxylic acids is 1. The van der Waals surface area contributed by atoms with Crippen LogP contribution in [-0.2, 0) is 19.5 Å². The van der Waals surface area contributed by atoms with Crippen LogP contribution in [-0.4, -0.2) is 22.2 Å². The number of fused-ring (bicyclic) bond motifs is 1. The molecule has 0 atom stereocenters. The average Bonchev–Trinajstić information content (AvgIpc) is 3.07. The van der Waals surface area contributed by atoms with E-state index in [2.05, 4.69) is 5.32 Å². The van der Waals surface area contributed by atoms with Crippen molar-refractivity contribution in [3.8, 4) is 0 Å². The molecule has 0 unspecified atom stereocenters. The molecule has 1 aromatic heterocycles. The largest absolute Gasteiger partial charge is 0.477 e. The molecule has 4 aromatic rings. The van der Waals surface area contributed by atoms with Crippen molar-refractivity contribution in [3.05, 3.63) is 104 Å². The van der Waals surface area contributed by atoms with E-state index >= 15 is 0 Å². The molecule has 0 aliphatic heterocycles. The Labute approximate surface area is 201 Å². The van der Waals surface area contributed by atoms with Crippen LogP contribution in [0.3, 0.4) is 0 Å². The first-order chi connectivity index (χ1) is 15.8. The lowest BCUT2D eigenvalue weighted by molar-refractivity contribution is 0.0684. The molecule has 0 saturated heterocycles. The summed E-state index contributed by atoms with van der Waals surface area (Å²) in [7, 11) is 0. The maximum absolute atomic E-state index is 13.5. The number of hydrogen-bond donors (Lipinski definition) is 2. The second kappa shape index (κ2) is 9.96. The summed E-state index contributed by atoms with van der Waals surface area (Å²) in [6.45, 7) is 3.21. The normalized spacial score (nSPS) is 11.3. The highest BCUT2D eigenvalue weighted by Gasteiger charge is 2.23. The van der Waals surface area contributed by atoms with Crippen molar-refractivity contribution in [2.75, 3.05) is 6.54 Å². The van der Waals surface area contributed by atoms with Crippen molar-refractivity contribution in [1.29, 1.82) is 0 Å². The van der Waals surface area contributed by atoms with Gasteiger partial charge in [-0.25, -0.2) is 9.18 Å². The maximum atomic E-state index is 13.5. The van der Waals surface area contributed by atoms with Crippen molar-refractivity contribution in [2.45, 2.75) is 26.4 Å². The molecule has 170 valence electrons. The maximum Gasteiger partial charge on any atom is 0.352 e. The molecule has 2 N–H and O–H groups in total. The fourth-order valence-corrected chi connectivity index (χ4v) is 4.53. The second-order valence-corrected chi connectivity index (χ2v) is 8.81. The molecular weight excluding hydrogens is 462 g/mol. The molecule has 0 aliphatic carbocycles. The molecule has 0 spiro atoms. The van der Waals surface area contributed by atoms with Gasteiger partial charge in [0.2, 0.25) is 0 Å². The zero-order chi connectivity index (χ0) is 23.5. The first kappa shape index (κ1) is 23.3. The number of carbonyl (C=O) groups is 1. The van der Waals surface area contributed by atoms with E-state index in [1.165, 1.54) is 12.1 Å². The minimum absolute atomic E-state index is 0.196. The van der Waals surface area contributed by atoms with Crippen LogP contribution in [0.15, 0.2) is 60.7 Å². The standard InChI is InChI=1S/C26H23Cl2FN2O2/c1-16-6-9-20-21(14-30-11-10-17-4-2-3-5-22(17)27)25(26(32)33)31(24(20)12-16)15-18-7-8-19(29)13-23(18)28/h2-9,12-13,30H,10-11,14-15H2,1H3,(H,32,33). The average molecular weight is 485 g/mol. The first-order valence-corrected chi connectivity index (χ1v) is 11.3. The highest BCUT2D eigenvalue weighted by atomic mass is 35.5. The van der Waals surface area contributed by atoms with Crippen molar-refractivity contribution < 1.29 is 14.3 Å². The molecule has 0 saturated carbocycles. The van der Waals surface area contributed by atoms with E-state index < -0.39 is 11.8 Å². The SMILES string of the molecule is Cc1ccc2c(CNCCc3ccccc3Cl)c(C(=O)O)n(Cc3ccc(F)cc3Cl)c2c1. The summed E-state index contributed by atoms with van der Waals surface area (Å²) >= 11 is 12.5. The fraction of sp³-hybridized carbons (Fsp3) is 0.192. The third kappa shape index (κ3) is 5.06. The van der Waals surface area contributed by atoms with Gasteiger partial charge in [-0.15, -0.1) is 0 Å². The van der Waals surface area contributed by atoms with Gasteiger partial charge in [0, 0.05) is 39.6 Å². The Kier molecular flexibility index (Phi) is 7.03. The Morgan fingerprint density at radius 3 is 2.55 bits per heavy atom. The predicted octanol–water partition coefficient (Wildman–Crippen LogP) is 6.47. The van der Waals surface area contributed by atoms with E-state index in [-0.39, 0.29) is 17.3 Å². The van der Waals surface area contributed by atoms with Gasteiger partial charge in [0.25, 0.3) is 0 Å². The Morgan fingerprint density at radius 1 is 1.03 bits per heavy atom. The minimum atomic E-state index is -1.02. The zero-order valence-electron chi connectivity index (χ0n) is 18.0. The number of carboxylic acid groups (broad SMARTS) is 1. The Bertz CT molecular complexity index is 1330. The number of benzene rings is 3. The molecule has 0 fully saturated rings. The lowest BCUT2D eigenvalue weighted by Crippen LogP contribution is -2.19. The summed E-state index contributed by atoms with van der Waals surface area (Å²) in [6, 6.07) is 17.7. The van der Waals surface area contributed by atoms with Crippen LogP contribution >= 0.6 is 23.2 Å². The van der Waals surface area contributed by atoms with Crippen LogP contribution in [0.1, 0.15) is 32.7 Å². The van der Waals surface area contributed by atoms with Crippen LogP contribution < -0.4 is 5.32 Å². The minimum Gasteiger partial charge on any atom is -0.477 e. The van der Waals surface area contributed by atoms with E-state index in [4.69, 9.17) is 23.2 Å². The van der Waals surface area contributed by atoms with Gasteiger partial charge in [0.05, 0.1) is 0 Å². The van der Waals surface area contributed by atoms with E-state index in [1.54, 1.807) is 10.6 Å². The fourth-order valence-electron chi connectivity index (χ4n) is 4.08. The van der Waals surface area contributed by atoms with Crippen LogP contribution in [0.5, 0.6) is 0 Å². The number of aryl methyl sites for hydroxylation is 1. The molecule has 7 heteroatoms. The zero-order valence-corrected chi connectivity index (χ0v) is 19.6. The Balaban J connectivity index is 1.67. The Hall–Kier alpha value is -2.86. The van der Waals surface area contributed by atoms with Crippen LogP contribution in [0.2, 0.25) is 10.0 Å². The van der Waals surface area contributed by atoms with Gasteiger partial charge < -0.3 is 15.0 Å². The van der Waals surface area contributed by atoms with Gasteiger partial charge in [0.1, 0.15) is 11.5 Å². The van der Waals surface area contributed by atoms with Crippen molar-refractivity contribution in [3.63, 3.8) is 0 Å². The molecular formula is C26H23Cl2FN2O2. The highest BCUT2D eigenvalue weighted by molar-refractivity contribution is 6.31. The summed E-state index contributed by atoms with van der Waals surface area (Å²) in [6.07, 6.45) is 0.727. The number of nitrogens with zero attached hydrogens (tertiary/aromatic N) is 1. The third-order valence-electron chi connectivity index (χ3n) is 5.70. The first-order valence-electron chi connectivity index (χ1n) is 10.6. The lowest BCUT2D eigenvalue weighted by Gasteiger charge is -2.11. The molecule has 0 aliphatic rings. The Morgan fingerprint density at radius 2 is 1.82 bits per heavy atom. The van der Waals surface area contributed by atoms with Crippen molar-refractivity contribution >= 4 is 40.1 Å². The number of aromatic nitrogens is 1. The monoisotopic (exact) mass is 484 g/mol. The van der Waals surface area contributed by atoms with Crippen LogP contribution in [0.25, 0.3) is 10.9 Å². The van der Waals surface area contributed by atoms with Gasteiger partial charge in [-0.1, -0.05) is 59.6 Å². The molecule has 0 bridgehead atoms. The molecule has 33 heavy (non-hydrogen) atoms. The number of hydrogen-bond acceptors (Lipinski definition) is 2. The second-order valence-electron chi connectivity index (χ2n) is 7.99. The van der Waals surface area contributed by atoms with Gasteiger partial charge in [-0.3, -0.25) is 0 Å². The van der Waals surface area contributed by atoms with Crippen LogP contribution in [0, 0.1) is 12.7 Å². The smallest absolute Gasteiger partial charge is 0.352 e. The number of carboxylic acids is 1.